The van der Waals surface area contributed by atoms with E-state index in [1.165, 1.54) is 0 Å². The Bertz CT molecular complexity index is 142. The Morgan fingerprint density at radius 2 is 1.55 bits per heavy atom. The van der Waals surface area contributed by atoms with Crippen LogP contribution in [0.3, 0.4) is 0 Å². The molecule has 0 radical (unpaired) electrons. The molecule has 0 atom stereocenters. The second-order valence-corrected chi connectivity index (χ2v) is 2.39. The second-order valence-electron chi connectivity index (χ2n) is 2.39. The van der Waals surface area contributed by atoms with Crippen molar-refractivity contribution in [2.24, 2.45) is 17.4 Å². The molecule has 2 amide bonds. The van der Waals surface area contributed by atoms with Gasteiger partial charge in [-0.25, -0.2) is 0 Å². The summed E-state index contributed by atoms with van der Waals surface area (Å²) in [6.07, 6.45) is -0.00111. The number of amides is 2. The lowest BCUT2D eigenvalue weighted by molar-refractivity contribution is -0.121. The summed E-state index contributed by atoms with van der Waals surface area (Å²) < 4.78 is 0. The first-order valence-electron chi connectivity index (χ1n) is 3.23. The Morgan fingerprint density at radius 1 is 1.18 bits per heavy atom. The van der Waals surface area contributed by atoms with Gasteiger partial charge in [0.15, 0.2) is 0 Å². The van der Waals surface area contributed by atoms with Crippen LogP contribution >= 0.6 is 0 Å². The molecular formula is C6H12N2O3. The molecule has 0 aliphatic heterocycles. The fourth-order valence-corrected chi connectivity index (χ4v) is 0.770. The van der Waals surface area contributed by atoms with Crippen LogP contribution in [-0.2, 0) is 9.59 Å². The van der Waals surface area contributed by atoms with Crippen molar-refractivity contribution < 1.29 is 14.7 Å². The van der Waals surface area contributed by atoms with Crippen LogP contribution in [0.15, 0.2) is 0 Å². The van der Waals surface area contributed by atoms with E-state index in [0.717, 1.165) is 0 Å². The molecule has 0 aromatic carbocycles. The van der Waals surface area contributed by atoms with Crippen LogP contribution in [0.4, 0.5) is 0 Å². The maximum atomic E-state index is 10.3. The minimum absolute atomic E-state index is 0.000556. The average molecular weight is 160 g/mol. The summed E-state index contributed by atoms with van der Waals surface area (Å²) in [6, 6.07) is 0. The zero-order chi connectivity index (χ0) is 8.85. The van der Waals surface area contributed by atoms with Crippen molar-refractivity contribution in [3.05, 3.63) is 0 Å². The van der Waals surface area contributed by atoms with E-state index < -0.39 is 17.7 Å². The number of hydrogen-bond donors (Lipinski definition) is 3. The molecular weight excluding hydrogens is 148 g/mol. The molecule has 5 nitrogen and oxygen atoms in total. The summed E-state index contributed by atoms with van der Waals surface area (Å²) in [4.78, 5) is 20.6. The van der Waals surface area contributed by atoms with Gasteiger partial charge in [-0.2, -0.15) is 0 Å². The lowest BCUT2D eigenvalue weighted by Crippen LogP contribution is -2.24. The molecule has 0 heterocycles. The van der Waals surface area contributed by atoms with Gasteiger partial charge in [0.05, 0.1) is 0 Å². The number of rotatable bonds is 5. The monoisotopic (exact) mass is 160 g/mol. The highest BCUT2D eigenvalue weighted by molar-refractivity contribution is 5.77. The van der Waals surface area contributed by atoms with Gasteiger partial charge < -0.3 is 16.6 Å². The van der Waals surface area contributed by atoms with Crippen molar-refractivity contribution in [2.75, 3.05) is 6.61 Å². The molecule has 0 saturated heterocycles. The van der Waals surface area contributed by atoms with Crippen LogP contribution in [0.2, 0.25) is 0 Å². The van der Waals surface area contributed by atoms with E-state index in [1.54, 1.807) is 0 Å². The Balaban J connectivity index is 3.76. The average Bonchev–Trinajstić information content (AvgIpc) is 1.84. The number of aliphatic hydroxyl groups is 1. The third-order valence-corrected chi connectivity index (χ3v) is 1.24. The molecule has 0 saturated carbocycles. The van der Waals surface area contributed by atoms with Gasteiger partial charge in [0, 0.05) is 19.4 Å². The standard InChI is InChI=1S/C6H12N2O3/c7-5(10)1-4(3-9)2-6(8)11/h4,9H,1-3H2,(H2,7,10)(H2,8,11). The zero-order valence-electron chi connectivity index (χ0n) is 6.12. The summed E-state index contributed by atoms with van der Waals surface area (Å²) >= 11 is 0. The van der Waals surface area contributed by atoms with Crippen LogP contribution in [-0.4, -0.2) is 23.5 Å². The van der Waals surface area contributed by atoms with Crippen LogP contribution in [0, 0.1) is 5.92 Å². The van der Waals surface area contributed by atoms with Gasteiger partial charge in [0.25, 0.3) is 0 Å². The van der Waals surface area contributed by atoms with E-state index >= 15 is 0 Å². The van der Waals surface area contributed by atoms with Gasteiger partial charge >= 0.3 is 0 Å². The fraction of sp³-hybridized carbons (Fsp3) is 0.667. The second kappa shape index (κ2) is 4.68. The largest absolute Gasteiger partial charge is 0.396 e. The van der Waals surface area contributed by atoms with Crippen molar-refractivity contribution >= 4 is 11.8 Å². The van der Waals surface area contributed by atoms with Gasteiger partial charge in [-0.3, -0.25) is 9.59 Å². The SMILES string of the molecule is NC(=O)CC(CO)CC(N)=O. The quantitative estimate of drug-likeness (QED) is 0.448. The number of primary amides is 2. The number of carbonyl (C=O) groups is 2. The van der Waals surface area contributed by atoms with Gasteiger partial charge in [-0.05, 0) is 5.92 Å². The molecule has 0 rings (SSSR count). The molecule has 0 aliphatic rings. The predicted octanol–water partition coefficient (Wildman–Crippen LogP) is -1.65. The van der Waals surface area contributed by atoms with Crippen molar-refractivity contribution in [3.8, 4) is 0 Å². The smallest absolute Gasteiger partial charge is 0.217 e. The van der Waals surface area contributed by atoms with E-state index in [9.17, 15) is 9.59 Å². The van der Waals surface area contributed by atoms with Gasteiger partial charge in [0.1, 0.15) is 0 Å². The molecule has 0 aromatic rings. The summed E-state index contributed by atoms with van der Waals surface area (Å²) in [7, 11) is 0. The van der Waals surface area contributed by atoms with Crippen molar-refractivity contribution in [3.63, 3.8) is 0 Å². The minimum Gasteiger partial charge on any atom is -0.396 e. The Hall–Kier alpha value is -1.10. The summed E-state index contributed by atoms with van der Waals surface area (Å²) in [6.45, 7) is -0.244. The first kappa shape index (κ1) is 9.90. The summed E-state index contributed by atoms with van der Waals surface area (Å²) in [5.41, 5.74) is 9.68. The minimum atomic E-state index is -0.537. The van der Waals surface area contributed by atoms with E-state index in [4.69, 9.17) is 16.6 Å². The Morgan fingerprint density at radius 3 is 1.73 bits per heavy atom. The molecule has 11 heavy (non-hydrogen) atoms. The number of carbonyl (C=O) groups excluding carboxylic acids is 2. The van der Waals surface area contributed by atoms with Crippen molar-refractivity contribution in [1.82, 2.24) is 0 Å². The predicted molar refractivity (Wildman–Crippen MR) is 38.2 cm³/mol. The van der Waals surface area contributed by atoms with Crippen molar-refractivity contribution in [2.45, 2.75) is 12.8 Å². The Labute approximate surface area is 64.4 Å². The highest BCUT2D eigenvalue weighted by Gasteiger charge is 2.12. The van der Waals surface area contributed by atoms with Crippen LogP contribution < -0.4 is 11.5 Å². The summed E-state index contributed by atoms with van der Waals surface area (Å²) in [5, 5.41) is 8.61. The molecule has 0 spiro atoms. The fourth-order valence-electron chi connectivity index (χ4n) is 0.770. The van der Waals surface area contributed by atoms with E-state index in [0.29, 0.717) is 0 Å². The van der Waals surface area contributed by atoms with Gasteiger partial charge in [-0.15, -0.1) is 0 Å². The van der Waals surface area contributed by atoms with Crippen LogP contribution in [0.25, 0.3) is 0 Å². The number of hydrogen-bond acceptors (Lipinski definition) is 3. The van der Waals surface area contributed by atoms with Crippen molar-refractivity contribution in [1.29, 1.82) is 0 Å². The first-order chi connectivity index (χ1) is 5.06. The molecule has 0 fully saturated rings. The molecule has 0 aromatic heterocycles. The number of aliphatic hydroxyl groups excluding tert-OH is 1. The first-order valence-corrected chi connectivity index (χ1v) is 3.23. The molecule has 64 valence electrons. The maximum absolute atomic E-state index is 10.3. The molecule has 5 N–H and O–H groups in total. The molecule has 0 bridgehead atoms. The molecule has 5 heteroatoms. The lowest BCUT2D eigenvalue weighted by Gasteiger charge is -2.07. The third kappa shape index (κ3) is 5.35. The van der Waals surface area contributed by atoms with Crippen LogP contribution in [0.5, 0.6) is 0 Å². The van der Waals surface area contributed by atoms with Gasteiger partial charge in [-0.1, -0.05) is 0 Å². The lowest BCUT2D eigenvalue weighted by atomic mass is 10.0. The highest BCUT2D eigenvalue weighted by atomic mass is 16.3. The molecule has 0 aliphatic carbocycles. The molecule has 0 unspecified atom stereocenters. The van der Waals surface area contributed by atoms with E-state index in [1.807, 2.05) is 0 Å². The van der Waals surface area contributed by atoms with E-state index in [2.05, 4.69) is 0 Å². The van der Waals surface area contributed by atoms with E-state index in [-0.39, 0.29) is 19.4 Å². The summed E-state index contributed by atoms with van der Waals surface area (Å²) in [5.74, 6) is -1.50. The van der Waals surface area contributed by atoms with Crippen LogP contribution in [0.1, 0.15) is 12.8 Å². The third-order valence-electron chi connectivity index (χ3n) is 1.24. The maximum Gasteiger partial charge on any atom is 0.217 e. The topological polar surface area (TPSA) is 106 Å². The van der Waals surface area contributed by atoms with Gasteiger partial charge in [0.2, 0.25) is 11.8 Å². The Kier molecular flexibility index (Phi) is 4.21. The highest BCUT2D eigenvalue weighted by Crippen LogP contribution is 2.05. The zero-order valence-corrected chi connectivity index (χ0v) is 6.12. The normalized spacial score (nSPS) is 10.0. The number of nitrogens with two attached hydrogens (primary N) is 2.